The molecule has 1 aromatic carbocycles. The van der Waals surface area contributed by atoms with Gasteiger partial charge in [-0.15, -0.1) is 0 Å². The van der Waals surface area contributed by atoms with Crippen LogP contribution in [-0.4, -0.2) is 4.98 Å². The molecular formula is C15H16F2N2. The highest BCUT2D eigenvalue weighted by Gasteiger charge is 2.19. The number of hydrogen-bond acceptors (Lipinski definition) is 2. The number of rotatable bonds is 2. The highest BCUT2D eigenvalue weighted by atomic mass is 19.2. The van der Waals surface area contributed by atoms with Crippen LogP contribution in [-0.2, 0) is 0 Å². The molecule has 2 rings (SSSR count). The van der Waals surface area contributed by atoms with Crippen LogP contribution in [0.2, 0.25) is 0 Å². The van der Waals surface area contributed by atoms with Crippen molar-refractivity contribution in [3.05, 3.63) is 64.0 Å². The molecule has 0 spiro atoms. The minimum atomic E-state index is -0.882. The number of aryl methyl sites for hydroxylation is 3. The van der Waals surface area contributed by atoms with Crippen molar-refractivity contribution in [2.45, 2.75) is 26.8 Å². The zero-order valence-corrected chi connectivity index (χ0v) is 11.2. The second-order valence-electron chi connectivity index (χ2n) is 4.70. The van der Waals surface area contributed by atoms with E-state index in [1.54, 1.807) is 6.07 Å². The summed E-state index contributed by atoms with van der Waals surface area (Å²) >= 11 is 0. The fourth-order valence-electron chi connectivity index (χ4n) is 2.09. The van der Waals surface area contributed by atoms with Crippen LogP contribution >= 0.6 is 0 Å². The van der Waals surface area contributed by atoms with E-state index in [1.165, 1.54) is 19.1 Å². The van der Waals surface area contributed by atoms with Crippen molar-refractivity contribution < 1.29 is 8.78 Å². The number of aromatic nitrogens is 1. The zero-order chi connectivity index (χ0) is 14.2. The molecule has 1 atom stereocenters. The SMILES string of the molecule is Cc1ccc(C(N)c2ccc(C)c(F)c2F)c(C)n1. The molecule has 4 heteroatoms. The molecule has 1 heterocycles. The molecule has 2 aromatic rings. The van der Waals surface area contributed by atoms with Gasteiger partial charge in [0.25, 0.3) is 0 Å². The first-order chi connectivity index (χ1) is 8.91. The fraction of sp³-hybridized carbons (Fsp3) is 0.267. The molecular weight excluding hydrogens is 246 g/mol. The molecule has 0 bridgehead atoms. The van der Waals surface area contributed by atoms with E-state index in [9.17, 15) is 8.78 Å². The average Bonchev–Trinajstić information content (AvgIpc) is 2.35. The highest BCUT2D eigenvalue weighted by molar-refractivity contribution is 5.36. The molecule has 1 unspecified atom stereocenters. The van der Waals surface area contributed by atoms with Crippen LogP contribution in [0.1, 0.15) is 34.1 Å². The lowest BCUT2D eigenvalue weighted by Crippen LogP contribution is -2.16. The van der Waals surface area contributed by atoms with Crippen molar-refractivity contribution in [3.8, 4) is 0 Å². The first-order valence-electron chi connectivity index (χ1n) is 6.06. The molecule has 19 heavy (non-hydrogen) atoms. The van der Waals surface area contributed by atoms with Crippen LogP contribution in [0.5, 0.6) is 0 Å². The molecule has 2 nitrogen and oxygen atoms in total. The number of halogens is 2. The molecule has 0 saturated carbocycles. The van der Waals surface area contributed by atoms with Gasteiger partial charge in [-0.3, -0.25) is 4.98 Å². The van der Waals surface area contributed by atoms with Gasteiger partial charge in [0.2, 0.25) is 0 Å². The molecule has 2 N–H and O–H groups in total. The summed E-state index contributed by atoms with van der Waals surface area (Å²) in [6, 6.07) is 5.95. The van der Waals surface area contributed by atoms with Crippen molar-refractivity contribution in [3.63, 3.8) is 0 Å². The van der Waals surface area contributed by atoms with E-state index >= 15 is 0 Å². The number of nitrogens with zero attached hydrogens (tertiary/aromatic N) is 1. The highest BCUT2D eigenvalue weighted by Crippen LogP contribution is 2.26. The second kappa shape index (κ2) is 5.05. The summed E-state index contributed by atoms with van der Waals surface area (Å²) in [7, 11) is 0. The lowest BCUT2D eigenvalue weighted by molar-refractivity contribution is 0.489. The molecule has 100 valence electrons. The predicted molar refractivity (Wildman–Crippen MR) is 70.8 cm³/mol. The maximum atomic E-state index is 13.9. The van der Waals surface area contributed by atoms with Crippen LogP contribution < -0.4 is 5.73 Å². The third kappa shape index (κ3) is 2.49. The summed E-state index contributed by atoms with van der Waals surface area (Å²) in [4.78, 5) is 4.29. The van der Waals surface area contributed by atoms with Gasteiger partial charge >= 0.3 is 0 Å². The van der Waals surface area contributed by atoms with E-state index < -0.39 is 17.7 Å². The van der Waals surface area contributed by atoms with Crippen molar-refractivity contribution in [1.29, 1.82) is 0 Å². The first-order valence-corrected chi connectivity index (χ1v) is 6.06. The summed E-state index contributed by atoms with van der Waals surface area (Å²) in [5.74, 6) is -1.72. The largest absolute Gasteiger partial charge is 0.320 e. The number of hydrogen-bond donors (Lipinski definition) is 1. The van der Waals surface area contributed by atoms with Gasteiger partial charge in [0.1, 0.15) is 0 Å². The Bertz CT molecular complexity index is 624. The number of nitrogens with two attached hydrogens (primary N) is 1. The summed E-state index contributed by atoms with van der Waals surface area (Å²) in [6.45, 7) is 5.20. The summed E-state index contributed by atoms with van der Waals surface area (Å²) in [5, 5.41) is 0. The maximum Gasteiger partial charge on any atom is 0.164 e. The Balaban J connectivity index is 2.50. The minimum absolute atomic E-state index is 0.150. The van der Waals surface area contributed by atoms with Gasteiger partial charge in [0, 0.05) is 17.0 Å². The normalized spacial score (nSPS) is 12.5. The van der Waals surface area contributed by atoms with Gasteiger partial charge in [0.15, 0.2) is 11.6 Å². The van der Waals surface area contributed by atoms with Crippen LogP contribution in [0.15, 0.2) is 24.3 Å². The predicted octanol–water partition coefficient (Wildman–Crippen LogP) is 3.33. The lowest BCUT2D eigenvalue weighted by atomic mass is 9.96. The van der Waals surface area contributed by atoms with Crippen molar-refractivity contribution in [1.82, 2.24) is 4.98 Å². The van der Waals surface area contributed by atoms with Crippen LogP contribution in [0.25, 0.3) is 0 Å². The summed E-state index contributed by atoms with van der Waals surface area (Å²) in [5.41, 5.74) is 8.76. The van der Waals surface area contributed by atoms with E-state index in [2.05, 4.69) is 4.98 Å². The monoisotopic (exact) mass is 262 g/mol. The average molecular weight is 262 g/mol. The smallest absolute Gasteiger partial charge is 0.164 e. The first kappa shape index (κ1) is 13.6. The van der Waals surface area contributed by atoms with Gasteiger partial charge in [-0.05, 0) is 38.0 Å². The fourth-order valence-corrected chi connectivity index (χ4v) is 2.09. The summed E-state index contributed by atoms with van der Waals surface area (Å²) in [6.07, 6.45) is 0. The molecule has 0 saturated heterocycles. The van der Waals surface area contributed by atoms with Gasteiger partial charge < -0.3 is 5.73 Å². The molecule has 0 aliphatic heterocycles. The molecule has 0 radical (unpaired) electrons. The van der Waals surface area contributed by atoms with Crippen molar-refractivity contribution in [2.75, 3.05) is 0 Å². The molecule has 0 aliphatic rings. The third-order valence-electron chi connectivity index (χ3n) is 3.24. The molecule has 0 amide bonds. The second-order valence-corrected chi connectivity index (χ2v) is 4.70. The Morgan fingerprint density at radius 3 is 2.21 bits per heavy atom. The third-order valence-corrected chi connectivity index (χ3v) is 3.24. The topological polar surface area (TPSA) is 38.9 Å². The van der Waals surface area contributed by atoms with E-state index in [1.807, 2.05) is 19.9 Å². The number of benzene rings is 1. The van der Waals surface area contributed by atoms with Gasteiger partial charge in [-0.1, -0.05) is 18.2 Å². The van der Waals surface area contributed by atoms with E-state index in [-0.39, 0.29) is 11.1 Å². The van der Waals surface area contributed by atoms with Crippen molar-refractivity contribution in [2.24, 2.45) is 5.73 Å². The Hall–Kier alpha value is -1.81. The van der Waals surface area contributed by atoms with Crippen LogP contribution in [0, 0.1) is 32.4 Å². The Morgan fingerprint density at radius 2 is 1.58 bits per heavy atom. The molecule has 0 fully saturated rings. The zero-order valence-electron chi connectivity index (χ0n) is 11.2. The standard InChI is InChI=1S/C15H16F2N2/c1-8-4-6-12(14(17)13(8)16)15(18)11-7-5-9(2)19-10(11)3/h4-7,15H,18H2,1-3H3. The Morgan fingerprint density at radius 1 is 0.947 bits per heavy atom. The summed E-state index contributed by atoms with van der Waals surface area (Å²) < 4.78 is 27.5. The Labute approximate surface area is 111 Å². The molecule has 0 aliphatic carbocycles. The molecule has 1 aromatic heterocycles. The van der Waals surface area contributed by atoms with Crippen LogP contribution in [0.4, 0.5) is 8.78 Å². The quantitative estimate of drug-likeness (QED) is 0.901. The van der Waals surface area contributed by atoms with Gasteiger partial charge in [-0.2, -0.15) is 0 Å². The number of pyridine rings is 1. The van der Waals surface area contributed by atoms with E-state index in [0.717, 1.165) is 11.4 Å². The van der Waals surface area contributed by atoms with Crippen molar-refractivity contribution >= 4 is 0 Å². The Kier molecular flexibility index (Phi) is 3.62. The van der Waals surface area contributed by atoms with E-state index in [4.69, 9.17) is 5.73 Å². The maximum absolute atomic E-state index is 13.9. The van der Waals surface area contributed by atoms with Gasteiger partial charge in [0.05, 0.1) is 6.04 Å². The van der Waals surface area contributed by atoms with Crippen LogP contribution in [0.3, 0.4) is 0 Å². The van der Waals surface area contributed by atoms with E-state index in [0.29, 0.717) is 5.56 Å². The minimum Gasteiger partial charge on any atom is -0.320 e. The van der Waals surface area contributed by atoms with Gasteiger partial charge in [-0.25, -0.2) is 8.78 Å². The lowest BCUT2D eigenvalue weighted by Gasteiger charge is -2.16.